The van der Waals surface area contributed by atoms with E-state index >= 15 is 0 Å². The van der Waals surface area contributed by atoms with Crippen LogP contribution in [0.1, 0.15) is 15.9 Å². The highest BCUT2D eigenvalue weighted by Gasteiger charge is 2.25. The Bertz CT molecular complexity index is 950. The average molecular weight is 320 g/mol. The molecular formula is C19H16N2O3. The summed E-state index contributed by atoms with van der Waals surface area (Å²) in [5.41, 5.74) is 1.11. The van der Waals surface area contributed by atoms with E-state index in [1.807, 2.05) is 42.5 Å². The molecule has 0 radical (unpaired) electrons. The van der Waals surface area contributed by atoms with Crippen LogP contribution in [0.5, 0.6) is 0 Å². The van der Waals surface area contributed by atoms with Gasteiger partial charge >= 0.3 is 0 Å². The van der Waals surface area contributed by atoms with E-state index in [0.29, 0.717) is 11.3 Å². The van der Waals surface area contributed by atoms with Gasteiger partial charge in [-0.15, -0.1) is 0 Å². The molecule has 0 spiro atoms. The van der Waals surface area contributed by atoms with Gasteiger partial charge in [0.15, 0.2) is 0 Å². The predicted molar refractivity (Wildman–Crippen MR) is 94.5 cm³/mol. The van der Waals surface area contributed by atoms with Crippen LogP contribution in [0.25, 0.3) is 10.8 Å². The van der Waals surface area contributed by atoms with Crippen molar-refractivity contribution in [3.8, 4) is 0 Å². The zero-order valence-electron chi connectivity index (χ0n) is 13.4. The SMILES string of the molecule is Cc1cccc(C(=O)N(C)c2ccc3ccccc3c2)c1[N+](=O)[O-]. The molecule has 0 unspecified atom stereocenters. The molecule has 0 atom stereocenters. The number of hydrogen-bond donors (Lipinski definition) is 0. The van der Waals surface area contributed by atoms with Crippen molar-refractivity contribution in [2.75, 3.05) is 11.9 Å². The number of aryl methyl sites for hydroxylation is 1. The van der Waals surface area contributed by atoms with Gasteiger partial charge in [0, 0.05) is 18.3 Å². The number of benzene rings is 3. The maximum atomic E-state index is 12.8. The van der Waals surface area contributed by atoms with Gasteiger partial charge in [-0.2, -0.15) is 0 Å². The van der Waals surface area contributed by atoms with Gasteiger partial charge < -0.3 is 4.90 Å². The third kappa shape index (κ3) is 2.72. The van der Waals surface area contributed by atoms with Gasteiger partial charge in [-0.25, -0.2) is 0 Å². The van der Waals surface area contributed by atoms with Crippen molar-refractivity contribution < 1.29 is 9.72 Å². The van der Waals surface area contributed by atoms with Crippen LogP contribution < -0.4 is 4.90 Å². The molecule has 0 saturated carbocycles. The molecule has 24 heavy (non-hydrogen) atoms. The van der Waals surface area contributed by atoms with Crippen molar-refractivity contribution in [3.63, 3.8) is 0 Å². The number of para-hydroxylation sites is 1. The van der Waals surface area contributed by atoms with E-state index in [2.05, 4.69) is 0 Å². The van der Waals surface area contributed by atoms with Gasteiger partial charge in [-0.3, -0.25) is 14.9 Å². The van der Waals surface area contributed by atoms with E-state index in [4.69, 9.17) is 0 Å². The van der Waals surface area contributed by atoms with Crippen molar-refractivity contribution >= 4 is 28.1 Å². The summed E-state index contributed by atoms with van der Waals surface area (Å²) in [6.07, 6.45) is 0. The normalized spacial score (nSPS) is 10.6. The minimum atomic E-state index is -0.503. The molecule has 0 bridgehead atoms. The highest BCUT2D eigenvalue weighted by Crippen LogP contribution is 2.27. The minimum absolute atomic E-state index is 0.0932. The number of hydrogen-bond acceptors (Lipinski definition) is 3. The number of carbonyl (C=O) groups excluding carboxylic acids is 1. The number of amides is 1. The Morgan fingerprint density at radius 3 is 2.42 bits per heavy atom. The van der Waals surface area contributed by atoms with Crippen molar-refractivity contribution in [1.29, 1.82) is 0 Å². The molecule has 5 nitrogen and oxygen atoms in total. The molecule has 5 heteroatoms. The summed E-state index contributed by atoms with van der Waals surface area (Å²) in [6.45, 7) is 1.63. The molecule has 0 saturated heterocycles. The Labute approximate surface area is 139 Å². The highest BCUT2D eigenvalue weighted by atomic mass is 16.6. The minimum Gasteiger partial charge on any atom is -0.311 e. The van der Waals surface area contributed by atoms with E-state index in [0.717, 1.165) is 10.8 Å². The molecule has 0 fully saturated rings. The summed E-state index contributed by atoms with van der Waals surface area (Å²) in [5.74, 6) is -0.402. The van der Waals surface area contributed by atoms with Gasteiger partial charge in [0.05, 0.1) is 4.92 Å². The molecule has 3 aromatic carbocycles. The topological polar surface area (TPSA) is 63.5 Å². The van der Waals surface area contributed by atoms with E-state index < -0.39 is 10.8 Å². The van der Waals surface area contributed by atoms with E-state index in [1.165, 1.54) is 11.0 Å². The first-order valence-corrected chi connectivity index (χ1v) is 7.50. The zero-order chi connectivity index (χ0) is 17.3. The Hall–Kier alpha value is -3.21. The monoisotopic (exact) mass is 320 g/mol. The first-order chi connectivity index (χ1) is 11.5. The van der Waals surface area contributed by atoms with E-state index in [1.54, 1.807) is 26.1 Å². The lowest BCUT2D eigenvalue weighted by Crippen LogP contribution is -2.27. The predicted octanol–water partition coefficient (Wildman–Crippen LogP) is 4.33. The summed E-state index contributed by atoms with van der Waals surface area (Å²) in [4.78, 5) is 25.0. The summed E-state index contributed by atoms with van der Waals surface area (Å²) < 4.78 is 0. The second kappa shape index (κ2) is 6.12. The summed E-state index contributed by atoms with van der Waals surface area (Å²) in [6, 6.07) is 18.3. The maximum Gasteiger partial charge on any atom is 0.285 e. The fraction of sp³-hybridized carbons (Fsp3) is 0.105. The number of nitrogens with zero attached hydrogens (tertiary/aromatic N) is 2. The lowest BCUT2D eigenvalue weighted by atomic mass is 10.1. The second-order valence-corrected chi connectivity index (χ2v) is 5.62. The lowest BCUT2D eigenvalue weighted by Gasteiger charge is -2.18. The maximum absolute atomic E-state index is 12.8. The lowest BCUT2D eigenvalue weighted by molar-refractivity contribution is -0.385. The quantitative estimate of drug-likeness (QED) is 0.533. The van der Waals surface area contributed by atoms with Gasteiger partial charge in [0.2, 0.25) is 0 Å². The number of carbonyl (C=O) groups is 1. The Balaban J connectivity index is 2.03. The number of nitro benzene ring substituents is 1. The smallest absolute Gasteiger partial charge is 0.285 e. The first-order valence-electron chi connectivity index (χ1n) is 7.50. The first kappa shape index (κ1) is 15.7. The van der Waals surface area contributed by atoms with Crippen molar-refractivity contribution in [2.24, 2.45) is 0 Å². The standard InChI is InChI=1S/C19H16N2O3/c1-13-6-5-9-17(18(13)21(23)24)19(22)20(2)16-11-10-14-7-3-4-8-15(14)12-16/h3-12H,1-2H3. The van der Waals surface area contributed by atoms with Crippen molar-refractivity contribution in [1.82, 2.24) is 0 Å². The Kier molecular flexibility index (Phi) is 4.00. The molecule has 0 N–H and O–H groups in total. The van der Waals surface area contributed by atoms with E-state index in [9.17, 15) is 14.9 Å². The number of rotatable bonds is 3. The fourth-order valence-corrected chi connectivity index (χ4v) is 2.76. The second-order valence-electron chi connectivity index (χ2n) is 5.62. The molecule has 1 amide bonds. The number of nitro groups is 1. The zero-order valence-corrected chi connectivity index (χ0v) is 13.4. The molecule has 0 aliphatic carbocycles. The Morgan fingerprint density at radius 2 is 1.71 bits per heavy atom. The number of anilines is 1. The van der Waals surface area contributed by atoms with Gasteiger partial charge in [-0.1, -0.05) is 42.5 Å². The van der Waals surface area contributed by atoms with Crippen molar-refractivity contribution in [3.05, 3.63) is 81.9 Å². The van der Waals surface area contributed by atoms with Gasteiger partial charge in [-0.05, 0) is 35.9 Å². The average Bonchev–Trinajstić information content (AvgIpc) is 2.59. The van der Waals surface area contributed by atoms with E-state index in [-0.39, 0.29) is 11.3 Å². The molecule has 0 heterocycles. The van der Waals surface area contributed by atoms with Gasteiger partial charge in [0.1, 0.15) is 5.56 Å². The summed E-state index contributed by atoms with van der Waals surface area (Å²) in [7, 11) is 1.62. The molecule has 0 aliphatic rings. The van der Waals surface area contributed by atoms with Crippen LogP contribution in [0, 0.1) is 17.0 Å². The van der Waals surface area contributed by atoms with Crippen LogP contribution in [0.4, 0.5) is 11.4 Å². The van der Waals surface area contributed by atoms with Crippen molar-refractivity contribution in [2.45, 2.75) is 6.92 Å². The number of fused-ring (bicyclic) bond motifs is 1. The summed E-state index contributed by atoms with van der Waals surface area (Å²) >= 11 is 0. The molecule has 3 rings (SSSR count). The van der Waals surface area contributed by atoms with Crippen LogP contribution >= 0.6 is 0 Å². The van der Waals surface area contributed by atoms with Crippen LogP contribution in [0.2, 0.25) is 0 Å². The highest BCUT2D eigenvalue weighted by molar-refractivity contribution is 6.09. The van der Waals surface area contributed by atoms with Crippen LogP contribution in [0.3, 0.4) is 0 Å². The molecule has 120 valence electrons. The Morgan fingerprint density at radius 1 is 1.00 bits per heavy atom. The van der Waals surface area contributed by atoms with Crippen LogP contribution in [0.15, 0.2) is 60.7 Å². The molecule has 3 aromatic rings. The summed E-state index contributed by atoms with van der Waals surface area (Å²) in [5, 5.41) is 13.4. The molecule has 0 aliphatic heterocycles. The molecule has 0 aromatic heterocycles. The largest absolute Gasteiger partial charge is 0.311 e. The molecular weight excluding hydrogens is 304 g/mol. The third-order valence-electron chi connectivity index (χ3n) is 4.08. The van der Waals surface area contributed by atoms with Crippen LogP contribution in [-0.2, 0) is 0 Å². The fourth-order valence-electron chi connectivity index (χ4n) is 2.76. The third-order valence-corrected chi connectivity index (χ3v) is 4.08. The van der Waals surface area contributed by atoms with Crippen LogP contribution in [-0.4, -0.2) is 17.9 Å². The van der Waals surface area contributed by atoms with Gasteiger partial charge in [0.25, 0.3) is 11.6 Å².